The van der Waals surface area contributed by atoms with E-state index in [-0.39, 0.29) is 5.84 Å². The molecule has 1 heterocycles. The summed E-state index contributed by atoms with van der Waals surface area (Å²) in [6.07, 6.45) is 2.68. The van der Waals surface area contributed by atoms with Crippen LogP contribution < -0.4 is 0 Å². The van der Waals surface area contributed by atoms with Gasteiger partial charge in [0, 0.05) is 6.21 Å². The number of carboxylic acid groups (broad SMARTS) is 1. The van der Waals surface area contributed by atoms with Gasteiger partial charge in [0.2, 0.25) is 5.84 Å². The quantitative estimate of drug-likeness (QED) is 0.612. The van der Waals surface area contributed by atoms with E-state index in [1.807, 2.05) is 13.8 Å². The van der Waals surface area contributed by atoms with E-state index in [2.05, 4.69) is 15.0 Å². The molecule has 1 aliphatic heterocycles. The fourth-order valence-electron chi connectivity index (χ4n) is 0.629. The lowest BCUT2D eigenvalue weighted by molar-refractivity contribution is -0.129. The molecule has 0 saturated carbocycles. The Morgan fingerprint density at radius 1 is 1.58 bits per heavy atom. The summed E-state index contributed by atoms with van der Waals surface area (Å²) in [5, 5.41) is 8.53. The van der Waals surface area contributed by atoms with Crippen molar-refractivity contribution in [2.24, 2.45) is 15.0 Å². The number of hydrogen-bond donors (Lipinski definition) is 1. The van der Waals surface area contributed by atoms with Crippen LogP contribution in [-0.2, 0) is 4.79 Å². The zero-order valence-corrected chi connectivity index (χ0v) is 6.85. The van der Waals surface area contributed by atoms with Gasteiger partial charge in [-0.05, 0) is 13.8 Å². The van der Waals surface area contributed by atoms with Crippen molar-refractivity contribution >= 4 is 24.4 Å². The second kappa shape index (κ2) is 2.84. The lowest BCUT2D eigenvalue weighted by Gasteiger charge is -2.09. The van der Waals surface area contributed by atoms with Crippen molar-refractivity contribution < 1.29 is 9.90 Å². The van der Waals surface area contributed by atoms with Gasteiger partial charge in [0.05, 0.1) is 5.54 Å². The Kier molecular flexibility index (Phi) is 2.03. The average molecular weight is 167 g/mol. The molecule has 5 heteroatoms. The molecule has 0 fully saturated rings. The van der Waals surface area contributed by atoms with E-state index in [0.29, 0.717) is 0 Å². The van der Waals surface area contributed by atoms with E-state index in [1.165, 1.54) is 12.6 Å². The van der Waals surface area contributed by atoms with Gasteiger partial charge in [-0.25, -0.2) is 14.8 Å². The summed E-state index contributed by atoms with van der Waals surface area (Å²) >= 11 is 0. The van der Waals surface area contributed by atoms with Gasteiger partial charge in [0.1, 0.15) is 6.34 Å². The second-order valence-corrected chi connectivity index (χ2v) is 2.91. The van der Waals surface area contributed by atoms with E-state index in [9.17, 15) is 4.79 Å². The van der Waals surface area contributed by atoms with Gasteiger partial charge in [0.25, 0.3) is 0 Å². The minimum absolute atomic E-state index is 0.232. The molecule has 5 nitrogen and oxygen atoms in total. The molecule has 0 radical (unpaired) electrons. The summed E-state index contributed by atoms with van der Waals surface area (Å²) < 4.78 is 0. The molecule has 0 amide bonds. The van der Waals surface area contributed by atoms with Crippen LogP contribution in [0.2, 0.25) is 0 Å². The number of carbonyl (C=O) groups is 1. The molecule has 0 spiro atoms. The Morgan fingerprint density at radius 3 is 2.83 bits per heavy atom. The van der Waals surface area contributed by atoms with E-state index in [0.717, 1.165) is 0 Å². The maximum atomic E-state index is 10.4. The fraction of sp³-hybridized carbons (Fsp3) is 0.429. The molecule has 0 saturated heterocycles. The molecular formula is C7H9N3O2. The first kappa shape index (κ1) is 8.58. The van der Waals surface area contributed by atoms with E-state index in [4.69, 9.17) is 5.11 Å². The third kappa shape index (κ3) is 1.98. The van der Waals surface area contributed by atoms with E-state index in [1.54, 1.807) is 0 Å². The molecule has 1 aliphatic rings. The summed E-state index contributed by atoms with van der Waals surface area (Å²) in [6, 6.07) is 0. The highest BCUT2D eigenvalue weighted by Gasteiger charge is 2.16. The van der Waals surface area contributed by atoms with Crippen molar-refractivity contribution in [2.45, 2.75) is 19.4 Å². The molecule has 0 bridgehead atoms. The fourth-order valence-corrected chi connectivity index (χ4v) is 0.629. The Hall–Kier alpha value is -1.52. The zero-order valence-electron chi connectivity index (χ0n) is 6.85. The van der Waals surface area contributed by atoms with Gasteiger partial charge < -0.3 is 5.11 Å². The van der Waals surface area contributed by atoms with E-state index >= 15 is 0 Å². The van der Waals surface area contributed by atoms with Crippen molar-refractivity contribution in [3.8, 4) is 0 Å². The molecule has 0 aromatic carbocycles. The molecule has 0 atom stereocenters. The van der Waals surface area contributed by atoms with Crippen molar-refractivity contribution in [1.82, 2.24) is 0 Å². The number of nitrogens with zero attached hydrogens (tertiary/aromatic N) is 3. The van der Waals surface area contributed by atoms with Crippen LogP contribution in [0.25, 0.3) is 0 Å². The number of aliphatic imine (C=N–C) groups is 3. The Balaban J connectivity index is 2.94. The monoisotopic (exact) mass is 167 g/mol. The number of rotatable bonds is 1. The van der Waals surface area contributed by atoms with Gasteiger partial charge in [-0.15, -0.1) is 0 Å². The van der Waals surface area contributed by atoms with Crippen molar-refractivity contribution in [3.63, 3.8) is 0 Å². The molecule has 1 N–H and O–H groups in total. The van der Waals surface area contributed by atoms with Gasteiger partial charge in [-0.1, -0.05) is 0 Å². The minimum atomic E-state index is -1.14. The Bertz CT molecular complexity index is 289. The summed E-state index contributed by atoms with van der Waals surface area (Å²) in [5.41, 5.74) is -0.472. The Labute approximate surface area is 69.6 Å². The maximum absolute atomic E-state index is 10.4. The smallest absolute Gasteiger partial charge is 0.373 e. The molecular weight excluding hydrogens is 158 g/mol. The van der Waals surface area contributed by atoms with Gasteiger partial charge in [0.15, 0.2) is 0 Å². The molecule has 0 aromatic heterocycles. The maximum Gasteiger partial charge on any atom is 0.373 e. The molecule has 64 valence electrons. The van der Waals surface area contributed by atoms with Crippen molar-refractivity contribution in [1.29, 1.82) is 0 Å². The lowest BCUT2D eigenvalue weighted by Crippen LogP contribution is -2.18. The van der Waals surface area contributed by atoms with Crippen LogP contribution in [0.5, 0.6) is 0 Å². The number of carboxylic acids is 1. The SMILES string of the molecule is CC1(C)C=NC(C(=O)O)=NC=N1. The predicted octanol–water partition coefficient (Wildman–Crippen LogP) is 0.361. The zero-order chi connectivity index (χ0) is 9.19. The summed E-state index contributed by atoms with van der Waals surface area (Å²) in [5.74, 6) is -1.38. The summed E-state index contributed by atoms with van der Waals surface area (Å²) in [4.78, 5) is 21.6. The Morgan fingerprint density at radius 2 is 2.25 bits per heavy atom. The molecule has 0 aromatic rings. The highest BCUT2D eigenvalue weighted by atomic mass is 16.4. The van der Waals surface area contributed by atoms with Gasteiger partial charge >= 0.3 is 5.97 Å². The normalized spacial score (nSPS) is 20.0. The van der Waals surface area contributed by atoms with Crippen LogP contribution in [0.15, 0.2) is 15.0 Å². The number of amidine groups is 1. The molecule has 12 heavy (non-hydrogen) atoms. The molecule has 0 unspecified atom stereocenters. The highest BCUT2D eigenvalue weighted by molar-refractivity contribution is 6.37. The van der Waals surface area contributed by atoms with Crippen LogP contribution in [0.1, 0.15) is 13.8 Å². The van der Waals surface area contributed by atoms with Crippen LogP contribution in [-0.4, -0.2) is 35.0 Å². The standard InChI is InChI=1S/C7H9N3O2/c1-7(2)3-8-5(6(11)12)9-4-10-7/h3-4H,1-2H3,(H,11,12). The van der Waals surface area contributed by atoms with Crippen molar-refractivity contribution in [3.05, 3.63) is 0 Å². The van der Waals surface area contributed by atoms with Gasteiger partial charge in [-0.2, -0.15) is 0 Å². The topological polar surface area (TPSA) is 74.4 Å². The number of hydrogen-bond acceptors (Lipinski definition) is 4. The van der Waals surface area contributed by atoms with Crippen LogP contribution in [0.3, 0.4) is 0 Å². The first-order chi connectivity index (χ1) is 5.51. The minimum Gasteiger partial charge on any atom is -0.475 e. The molecule has 0 aliphatic carbocycles. The first-order valence-corrected chi connectivity index (χ1v) is 3.41. The van der Waals surface area contributed by atoms with Crippen LogP contribution in [0.4, 0.5) is 0 Å². The van der Waals surface area contributed by atoms with Crippen molar-refractivity contribution in [2.75, 3.05) is 0 Å². The summed E-state index contributed by atoms with van der Waals surface area (Å²) in [7, 11) is 0. The largest absolute Gasteiger partial charge is 0.475 e. The lowest BCUT2D eigenvalue weighted by atomic mass is 10.1. The van der Waals surface area contributed by atoms with E-state index < -0.39 is 11.5 Å². The highest BCUT2D eigenvalue weighted by Crippen LogP contribution is 2.06. The third-order valence-corrected chi connectivity index (χ3v) is 1.26. The first-order valence-electron chi connectivity index (χ1n) is 3.41. The number of aliphatic carboxylic acids is 1. The van der Waals surface area contributed by atoms with Crippen LogP contribution in [0, 0.1) is 0 Å². The predicted molar refractivity (Wildman–Crippen MR) is 46.1 cm³/mol. The van der Waals surface area contributed by atoms with Gasteiger partial charge in [-0.3, -0.25) is 4.99 Å². The van der Waals surface area contributed by atoms with Crippen LogP contribution >= 0.6 is 0 Å². The third-order valence-electron chi connectivity index (χ3n) is 1.26. The molecule has 1 rings (SSSR count). The average Bonchev–Trinajstić information content (AvgIpc) is 2.10. The second-order valence-electron chi connectivity index (χ2n) is 2.91. The summed E-state index contributed by atoms with van der Waals surface area (Å²) in [6.45, 7) is 3.63.